The van der Waals surface area contributed by atoms with Crippen LogP contribution in [0.1, 0.15) is 62.1 Å². The summed E-state index contributed by atoms with van der Waals surface area (Å²) in [7, 11) is -3.54. The largest absolute Gasteiger partial charge is 0.352 e. The van der Waals surface area contributed by atoms with E-state index in [1.807, 2.05) is 38.1 Å². The summed E-state index contributed by atoms with van der Waals surface area (Å²) in [5, 5.41) is 3.65. The van der Waals surface area contributed by atoms with Crippen molar-refractivity contribution < 1.29 is 18.0 Å². The normalized spacial score (nSPS) is 14.8. The van der Waals surface area contributed by atoms with Gasteiger partial charge < -0.3 is 10.2 Å². The van der Waals surface area contributed by atoms with E-state index in [4.69, 9.17) is 11.6 Å². The summed E-state index contributed by atoms with van der Waals surface area (Å²) in [6, 6.07) is 12.3. The third-order valence-electron chi connectivity index (χ3n) is 7.11. The topological polar surface area (TPSA) is 86.8 Å². The highest BCUT2D eigenvalue weighted by molar-refractivity contribution is 7.92. The molecular weight excluding hydrogens is 510 g/mol. The van der Waals surface area contributed by atoms with Crippen LogP contribution < -0.4 is 9.62 Å². The van der Waals surface area contributed by atoms with Crippen LogP contribution in [-0.4, -0.2) is 50.0 Å². The van der Waals surface area contributed by atoms with Crippen LogP contribution in [0.5, 0.6) is 0 Å². The fraction of sp³-hybridized carbons (Fsp3) is 0.500. The Balaban J connectivity index is 1.74. The summed E-state index contributed by atoms with van der Waals surface area (Å²) in [5.74, 6) is -0.376. The Kier molecular flexibility index (Phi) is 10.0. The van der Waals surface area contributed by atoms with Gasteiger partial charge >= 0.3 is 0 Å². The van der Waals surface area contributed by atoms with Crippen LogP contribution in [0.4, 0.5) is 5.69 Å². The molecule has 0 unspecified atom stereocenters. The molecule has 202 valence electrons. The minimum absolute atomic E-state index is 0.110. The Hall–Kier alpha value is -2.58. The number of aryl methyl sites for hydroxylation is 1. The monoisotopic (exact) mass is 547 g/mol. The molecular formula is C28H38ClN3O4S. The minimum atomic E-state index is -3.54. The molecule has 0 aromatic heterocycles. The van der Waals surface area contributed by atoms with Crippen molar-refractivity contribution in [2.75, 3.05) is 17.1 Å². The van der Waals surface area contributed by atoms with Crippen LogP contribution in [-0.2, 0) is 26.2 Å². The Morgan fingerprint density at radius 2 is 1.78 bits per heavy atom. The number of amides is 2. The van der Waals surface area contributed by atoms with Crippen LogP contribution in [0.2, 0.25) is 5.02 Å². The third kappa shape index (κ3) is 7.95. The molecule has 1 fully saturated rings. The molecule has 2 aromatic carbocycles. The predicted octanol–water partition coefficient (Wildman–Crippen LogP) is 4.98. The van der Waals surface area contributed by atoms with Gasteiger partial charge in [-0.2, -0.15) is 0 Å². The molecule has 0 saturated heterocycles. The van der Waals surface area contributed by atoms with Gasteiger partial charge in [-0.1, -0.05) is 48.7 Å². The zero-order chi connectivity index (χ0) is 27.2. The van der Waals surface area contributed by atoms with E-state index in [2.05, 4.69) is 5.32 Å². The number of carbonyl (C=O) groups is 2. The number of hydrogen-bond donors (Lipinski definition) is 1. The average Bonchev–Trinajstić information content (AvgIpc) is 3.34. The number of sulfonamides is 1. The molecule has 1 atom stereocenters. The SMILES string of the molecule is Cc1cccc(N(CCCC(=O)N(Cc2cccc(Cl)c2)[C@H](C)C(=O)NC2CCCC2)S(C)(=O)=O)c1C. The molecule has 2 amide bonds. The van der Waals surface area contributed by atoms with Gasteiger partial charge in [0.05, 0.1) is 11.9 Å². The lowest BCUT2D eigenvalue weighted by Crippen LogP contribution is -2.49. The summed E-state index contributed by atoms with van der Waals surface area (Å²) in [6.07, 6.45) is 5.72. The highest BCUT2D eigenvalue weighted by Gasteiger charge is 2.29. The number of carbonyl (C=O) groups excluding carboxylic acids is 2. The van der Waals surface area contributed by atoms with Crippen LogP contribution in [0.15, 0.2) is 42.5 Å². The quantitative estimate of drug-likeness (QED) is 0.430. The number of benzene rings is 2. The summed E-state index contributed by atoms with van der Waals surface area (Å²) < 4.78 is 26.6. The number of halogens is 1. The lowest BCUT2D eigenvalue weighted by atomic mass is 10.1. The molecule has 2 aromatic rings. The summed E-state index contributed by atoms with van der Waals surface area (Å²) in [6.45, 7) is 5.99. The highest BCUT2D eigenvalue weighted by Crippen LogP contribution is 2.26. The van der Waals surface area contributed by atoms with E-state index in [1.165, 1.54) is 10.6 Å². The van der Waals surface area contributed by atoms with Crippen LogP contribution >= 0.6 is 11.6 Å². The van der Waals surface area contributed by atoms with Crippen molar-refractivity contribution in [2.24, 2.45) is 0 Å². The van der Waals surface area contributed by atoms with E-state index in [-0.39, 0.29) is 37.4 Å². The molecule has 9 heteroatoms. The maximum atomic E-state index is 13.4. The number of nitrogens with zero attached hydrogens (tertiary/aromatic N) is 2. The van der Waals surface area contributed by atoms with E-state index in [0.717, 1.165) is 42.4 Å². The maximum absolute atomic E-state index is 13.4. The second-order valence-electron chi connectivity index (χ2n) is 9.98. The lowest BCUT2D eigenvalue weighted by molar-refractivity contribution is -0.141. The van der Waals surface area contributed by atoms with Gasteiger partial charge in [0.25, 0.3) is 0 Å². The Morgan fingerprint density at radius 1 is 1.11 bits per heavy atom. The first-order valence-corrected chi connectivity index (χ1v) is 15.1. The molecule has 37 heavy (non-hydrogen) atoms. The molecule has 0 spiro atoms. The van der Waals surface area contributed by atoms with Crippen molar-refractivity contribution in [3.8, 4) is 0 Å². The molecule has 1 N–H and O–H groups in total. The van der Waals surface area contributed by atoms with E-state index in [0.29, 0.717) is 17.1 Å². The molecule has 0 radical (unpaired) electrons. The van der Waals surface area contributed by atoms with Crippen molar-refractivity contribution in [1.82, 2.24) is 10.2 Å². The first kappa shape index (κ1) is 29.0. The highest BCUT2D eigenvalue weighted by atomic mass is 35.5. The summed E-state index contributed by atoms with van der Waals surface area (Å²) in [5.41, 5.74) is 3.33. The first-order chi connectivity index (χ1) is 17.5. The maximum Gasteiger partial charge on any atom is 0.242 e. The van der Waals surface area contributed by atoms with Gasteiger partial charge in [-0.15, -0.1) is 0 Å². The second-order valence-corrected chi connectivity index (χ2v) is 12.3. The molecule has 3 rings (SSSR count). The molecule has 0 heterocycles. The Labute approximate surface area is 226 Å². The van der Waals surface area contributed by atoms with Gasteiger partial charge in [0.15, 0.2) is 0 Å². The smallest absolute Gasteiger partial charge is 0.242 e. The van der Waals surface area contributed by atoms with Gasteiger partial charge in [-0.3, -0.25) is 13.9 Å². The van der Waals surface area contributed by atoms with Gasteiger partial charge in [0.1, 0.15) is 6.04 Å². The second kappa shape index (κ2) is 12.8. The fourth-order valence-corrected chi connectivity index (χ4v) is 6.02. The van der Waals surface area contributed by atoms with E-state index >= 15 is 0 Å². The van der Waals surface area contributed by atoms with Crippen molar-refractivity contribution in [3.05, 3.63) is 64.2 Å². The predicted molar refractivity (Wildman–Crippen MR) is 149 cm³/mol. The molecule has 1 aliphatic carbocycles. The third-order valence-corrected chi connectivity index (χ3v) is 8.52. The zero-order valence-electron chi connectivity index (χ0n) is 22.2. The molecule has 0 bridgehead atoms. The standard InChI is InChI=1S/C28H38ClN3O4S/c1-20-10-7-15-26(21(20)2)32(37(4,35)36)17-9-16-27(33)31(19-23-11-8-12-24(29)18-23)22(3)28(34)30-25-13-5-6-14-25/h7-8,10-12,15,18,22,25H,5-6,9,13-14,16-17,19H2,1-4H3,(H,30,34)/t22-/m1/s1. The van der Waals surface area contributed by atoms with Gasteiger partial charge in [0, 0.05) is 30.6 Å². The van der Waals surface area contributed by atoms with Crippen molar-refractivity contribution in [1.29, 1.82) is 0 Å². The van der Waals surface area contributed by atoms with Crippen molar-refractivity contribution in [2.45, 2.75) is 77.9 Å². The first-order valence-electron chi connectivity index (χ1n) is 12.9. The van der Waals surface area contributed by atoms with Gasteiger partial charge in [-0.25, -0.2) is 8.42 Å². The Bertz CT molecular complexity index is 1210. The van der Waals surface area contributed by atoms with Crippen molar-refractivity contribution in [3.63, 3.8) is 0 Å². The summed E-state index contributed by atoms with van der Waals surface area (Å²) in [4.78, 5) is 28.1. The minimum Gasteiger partial charge on any atom is -0.352 e. The van der Waals surface area contributed by atoms with E-state index in [1.54, 1.807) is 30.0 Å². The number of anilines is 1. The lowest BCUT2D eigenvalue weighted by Gasteiger charge is -2.30. The number of rotatable bonds is 11. The van der Waals surface area contributed by atoms with Crippen LogP contribution in [0.25, 0.3) is 0 Å². The molecule has 1 aliphatic rings. The zero-order valence-corrected chi connectivity index (χ0v) is 23.7. The van der Waals surface area contributed by atoms with Crippen LogP contribution in [0.3, 0.4) is 0 Å². The molecule has 0 aliphatic heterocycles. The fourth-order valence-electron chi connectivity index (χ4n) is 4.79. The van der Waals surface area contributed by atoms with Crippen molar-refractivity contribution >= 4 is 39.1 Å². The van der Waals surface area contributed by atoms with E-state index in [9.17, 15) is 18.0 Å². The van der Waals surface area contributed by atoms with E-state index < -0.39 is 16.1 Å². The summed E-state index contributed by atoms with van der Waals surface area (Å²) >= 11 is 6.16. The number of nitrogens with one attached hydrogen (secondary N) is 1. The average molecular weight is 548 g/mol. The van der Waals surface area contributed by atoms with Gasteiger partial charge in [-0.05, 0) is 74.9 Å². The van der Waals surface area contributed by atoms with Crippen LogP contribution in [0, 0.1) is 13.8 Å². The number of hydrogen-bond acceptors (Lipinski definition) is 4. The molecule has 1 saturated carbocycles. The molecule has 7 nitrogen and oxygen atoms in total. The Morgan fingerprint density at radius 3 is 2.43 bits per heavy atom. The van der Waals surface area contributed by atoms with Gasteiger partial charge in [0.2, 0.25) is 21.8 Å².